The minimum absolute atomic E-state index is 0.305. The lowest BCUT2D eigenvalue weighted by Gasteiger charge is -2.32. The lowest BCUT2D eigenvalue weighted by Crippen LogP contribution is -2.41. The lowest BCUT2D eigenvalue weighted by molar-refractivity contribution is -0.113. The van der Waals surface area contributed by atoms with Crippen molar-refractivity contribution in [2.75, 3.05) is 12.4 Å². The van der Waals surface area contributed by atoms with Crippen molar-refractivity contribution < 1.29 is 14.1 Å². The lowest BCUT2D eigenvalue weighted by atomic mass is 9.80. The first-order chi connectivity index (χ1) is 10.8. The molecule has 0 radical (unpaired) electrons. The molecular weight excluding hydrogens is 291 g/mol. The molecule has 0 unspecified atom stereocenters. The third kappa shape index (κ3) is 4.12. The van der Waals surface area contributed by atoms with Crippen molar-refractivity contribution in [3.05, 3.63) is 18.3 Å². The van der Waals surface area contributed by atoms with E-state index in [-0.39, 0.29) is 18.3 Å². The van der Waals surface area contributed by atoms with Crippen molar-refractivity contribution in [3.8, 4) is 0 Å². The van der Waals surface area contributed by atoms with Gasteiger partial charge in [-0.15, -0.1) is 0 Å². The topological polar surface area (TPSA) is 60.4 Å². The van der Waals surface area contributed by atoms with Crippen LogP contribution in [0.15, 0.2) is 18.3 Å². The first kappa shape index (κ1) is 18.0. The maximum atomic E-state index is 9.79. The Morgan fingerprint density at radius 3 is 2.26 bits per heavy atom. The maximum Gasteiger partial charge on any atom is 0.495 e. The molecule has 2 heterocycles. The fourth-order valence-corrected chi connectivity index (χ4v) is 2.29. The van der Waals surface area contributed by atoms with Gasteiger partial charge in [0.15, 0.2) is 0 Å². The molecule has 1 aromatic rings. The van der Waals surface area contributed by atoms with Gasteiger partial charge in [-0.05, 0) is 58.1 Å². The standard InChI is InChI=1S/C12H19BN2O2.C5H8O/c1-11(2)12(3,4)17-13(16-11)9-6-7-15-10(8-9)14-5;6-4-5-2-1-3-5/h6-8H,1-5H3,(H,14,15);4-5H,1-3H2. The average Bonchev–Trinajstić information content (AvgIpc) is 2.67. The SMILES string of the molecule is CNc1cc(B2OC(C)(C)C(C)(C)O2)ccn1.O=CC1CCC1. The Morgan fingerprint density at radius 2 is 1.87 bits per heavy atom. The Balaban J connectivity index is 0.000000268. The molecule has 2 aliphatic rings. The van der Waals surface area contributed by atoms with E-state index in [1.54, 1.807) is 6.20 Å². The fraction of sp³-hybridized carbons (Fsp3) is 0.647. The summed E-state index contributed by atoms with van der Waals surface area (Å²) < 4.78 is 11.9. The predicted molar refractivity (Wildman–Crippen MR) is 92.9 cm³/mol. The van der Waals surface area contributed by atoms with Crippen molar-refractivity contribution in [2.24, 2.45) is 5.92 Å². The summed E-state index contributed by atoms with van der Waals surface area (Å²) in [5.41, 5.74) is 0.379. The molecule has 1 N–H and O–H groups in total. The average molecular weight is 318 g/mol. The zero-order valence-corrected chi connectivity index (χ0v) is 14.8. The molecule has 0 spiro atoms. The van der Waals surface area contributed by atoms with Gasteiger partial charge in [-0.25, -0.2) is 4.98 Å². The maximum absolute atomic E-state index is 9.79. The minimum Gasteiger partial charge on any atom is -0.399 e. The van der Waals surface area contributed by atoms with Gasteiger partial charge in [0.2, 0.25) is 0 Å². The predicted octanol–water partition coefficient (Wildman–Crippen LogP) is 2.41. The normalized spacial score (nSPS) is 21.9. The van der Waals surface area contributed by atoms with Crippen LogP contribution in [0.25, 0.3) is 0 Å². The summed E-state index contributed by atoms with van der Waals surface area (Å²) in [7, 11) is 1.52. The Labute approximate surface area is 139 Å². The Morgan fingerprint density at radius 1 is 1.26 bits per heavy atom. The van der Waals surface area contributed by atoms with Crippen molar-refractivity contribution >= 4 is 24.7 Å². The van der Waals surface area contributed by atoms with Gasteiger partial charge < -0.3 is 19.4 Å². The van der Waals surface area contributed by atoms with Gasteiger partial charge in [-0.2, -0.15) is 0 Å². The van der Waals surface area contributed by atoms with E-state index in [0.717, 1.165) is 30.4 Å². The molecule has 23 heavy (non-hydrogen) atoms. The molecule has 1 saturated carbocycles. The first-order valence-electron chi connectivity index (χ1n) is 8.24. The molecule has 0 bridgehead atoms. The molecule has 0 aromatic carbocycles. The Bertz CT molecular complexity index is 528. The van der Waals surface area contributed by atoms with E-state index in [0.29, 0.717) is 5.92 Å². The summed E-state index contributed by atoms with van der Waals surface area (Å²) in [5, 5.41) is 3.01. The van der Waals surface area contributed by atoms with Gasteiger partial charge in [0.25, 0.3) is 0 Å². The van der Waals surface area contributed by atoms with E-state index < -0.39 is 0 Å². The number of anilines is 1. The van der Waals surface area contributed by atoms with Crippen LogP contribution in [0.5, 0.6) is 0 Å². The van der Waals surface area contributed by atoms with Gasteiger partial charge in [0.05, 0.1) is 11.2 Å². The number of carbonyl (C=O) groups is 1. The molecular formula is C17H27BN2O3. The highest BCUT2D eigenvalue weighted by molar-refractivity contribution is 6.62. The van der Waals surface area contributed by atoms with Gasteiger partial charge in [0.1, 0.15) is 12.1 Å². The van der Waals surface area contributed by atoms with E-state index in [9.17, 15) is 4.79 Å². The molecule has 6 heteroatoms. The highest BCUT2D eigenvalue weighted by Gasteiger charge is 2.51. The smallest absolute Gasteiger partial charge is 0.399 e. The second kappa shape index (κ2) is 7.01. The van der Waals surface area contributed by atoms with Crippen LogP contribution in [-0.4, -0.2) is 36.6 Å². The molecule has 126 valence electrons. The molecule has 1 aliphatic heterocycles. The number of aldehydes is 1. The summed E-state index contributed by atoms with van der Waals surface area (Å²) >= 11 is 0. The number of rotatable bonds is 3. The monoisotopic (exact) mass is 318 g/mol. The van der Waals surface area contributed by atoms with Gasteiger partial charge in [0, 0.05) is 19.2 Å². The Kier molecular flexibility index (Phi) is 5.47. The third-order valence-corrected chi connectivity index (χ3v) is 4.91. The van der Waals surface area contributed by atoms with Crippen LogP contribution in [-0.2, 0) is 14.1 Å². The molecule has 0 atom stereocenters. The van der Waals surface area contributed by atoms with E-state index >= 15 is 0 Å². The van der Waals surface area contributed by atoms with Crippen molar-refractivity contribution in [3.63, 3.8) is 0 Å². The van der Waals surface area contributed by atoms with Crippen LogP contribution in [0, 0.1) is 5.92 Å². The van der Waals surface area contributed by atoms with Crippen LogP contribution in [0.4, 0.5) is 5.82 Å². The highest BCUT2D eigenvalue weighted by Crippen LogP contribution is 2.36. The van der Waals surface area contributed by atoms with Crippen molar-refractivity contribution in [1.29, 1.82) is 0 Å². The number of hydrogen-bond acceptors (Lipinski definition) is 5. The van der Waals surface area contributed by atoms with Crippen LogP contribution in [0.2, 0.25) is 0 Å². The third-order valence-electron chi connectivity index (χ3n) is 4.91. The van der Waals surface area contributed by atoms with Crippen molar-refractivity contribution in [2.45, 2.75) is 58.2 Å². The van der Waals surface area contributed by atoms with E-state index in [4.69, 9.17) is 9.31 Å². The second-order valence-corrected chi connectivity index (χ2v) is 7.14. The number of carbonyl (C=O) groups excluding carboxylic acids is 1. The summed E-state index contributed by atoms with van der Waals surface area (Å²) in [6, 6.07) is 3.87. The number of nitrogens with zero attached hydrogens (tertiary/aromatic N) is 1. The number of pyridine rings is 1. The van der Waals surface area contributed by atoms with Gasteiger partial charge in [-0.3, -0.25) is 0 Å². The Hall–Kier alpha value is -1.40. The number of aromatic nitrogens is 1. The molecule has 1 saturated heterocycles. The minimum atomic E-state index is -0.324. The van der Waals surface area contributed by atoms with Crippen LogP contribution < -0.4 is 10.8 Å². The molecule has 0 amide bonds. The number of nitrogens with one attached hydrogen (secondary N) is 1. The zero-order chi connectivity index (χ0) is 17.1. The van der Waals surface area contributed by atoms with Crippen LogP contribution in [0.3, 0.4) is 0 Å². The van der Waals surface area contributed by atoms with E-state index in [1.165, 1.54) is 6.42 Å². The molecule has 5 nitrogen and oxygen atoms in total. The van der Waals surface area contributed by atoms with Crippen molar-refractivity contribution in [1.82, 2.24) is 4.98 Å². The largest absolute Gasteiger partial charge is 0.495 e. The summed E-state index contributed by atoms with van der Waals surface area (Å²) in [6.07, 6.45) is 6.37. The van der Waals surface area contributed by atoms with E-state index in [2.05, 4.69) is 10.3 Å². The van der Waals surface area contributed by atoms with Crippen LogP contribution >= 0.6 is 0 Å². The summed E-state index contributed by atoms with van der Waals surface area (Å²) in [6.45, 7) is 8.20. The second-order valence-electron chi connectivity index (χ2n) is 7.14. The molecule has 3 rings (SSSR count). The van der Waals surface area contributed by atoms with Gasteiger partial charge in [-0.1, -0.05) is 6.42 Å². The molecule has 2 fully saturated rings. The zero-order valence-electron chi connectivity index (χ0n) is 14.8. The summed E-state index contributed by atoms with van der Waals surface area (Å²) in [5.74, 6) is 1.25. The first-order valence-corrected chi connectivity index (χ1v) is 8.24. The molecule has 1 aliphatic carbocycles. The van der Waals surface area contributed by atoms with Crippen LogP contribution in [0.1, 0.15) is 47.0 Å². The van der Waals surface area contributed by atoms with E-state index in [1.807, 2.05) is 46.9 Å². The highest BCUT2D eigenvalue weighted by atomic mass is 16.7. The summed E-state index contributed by atoms with van der Waals surface area (Å²) in [4.78, 5) is 14.0. The van der Waals surface area contributed by atoms with Gasteiger partial charge >= 0.3 is 7.12 Å². The quantitative estimate of drug-likeness (QED) is 0.685. The fourth-order valence-electron chi connectivity index (χ4n) is 2.29. The molecule has 1 aromatic heterocycles. The number of hydrogen-bond donors (Lipinski definition) is 1.